The van der Waals surface area contributed by atoms with Crippen molar-refractivity contribution in [1.82, 2.24) is 5.32 Å². The van der Waals surface area contributed by atoms with Crippen molar-refractivity contribution in [3.63, 3.8) is 0 Å². The zero-order valence-corrected chi connectivity index (χ0v) is 9.39. The minimum atomic E-state index is 0.741. The summed E-state index contributed by atoms with van der Waals surface area (Å²) in [4.78, 5) is 0. The molecule has 4 aliphatic carbocycles. The molecule has 0 aromatic heterocycles. The van der Waals surface area contributed by atoms with E-state index in [0.29, 0.717) is 0 Å². The van der Waals surface area contributed by atoms with Crippen LogP contribution in [0.1, 0.15) is 45.4 Å². The molecule has 4 bridgehead atoms. The van der Waals surface area contributed by atoms with Gasteiger partial charge in [0, 0.05) is 6.54 Å². The lowest BCUT2D eigenvalue weighted by molar-refractivity contribution is -0.0510. The maximum absolute atomic E-state index is 3.61. The van der Waals surface area contributed by atoms with Crippen LogP contribution in [-0.2, 0) is 0 Å². The normalized spacial score (nSPS) is 49.9. The summed E-state index contributed by atoms with van der Waals surface area (Å²) in [5, 5.41) is 3.61. The third kappa shape index (κ3) is 1.41. The SMILES string of the molecule is CCNCC12CC3CC(CC(C3)C1)C2. The topological polar surface area (TPSA) is 12.0 Å². The van der Waals surface area contributed by atoms with E-state index in [9.17, 15) is 0 Å². The Morgan fingerprint density at radius 1 is 1.00 bits per heavy atom. The molecular weight excluding hydrogens is 170 g/mol. The fourth-order valence-corrected chi connectivity index (χ4v) is 4.90. The van der Waals surface area contributed by atoms with Crippen LogP contribution in [0.4, 0.5) is 0 Å². The monoisotopic (exact) mass is 193 g/mol. The molecule has 0 heterocycles. The van der Waals surface area contributed by atoms with Crippen LogP contribution in [0, 0.1) is 23.2 Å². The Bertz CT molecular complexity index is 186. The first-order chi connectivity index (χ1) is 6.80. The fourth-order valence-electron chi connectivity index (χ4n) is 4.90. The van der Waals surface area contributed by atoms with Crippen molar-refractivity contribution in [2.75, 3.05) is 13.1 Å². The Balaban J connectivity index is 1.74. The molecule has 0 saturated heterocycles. The first-order valence-electron chi connectivity index (χ1n) is 6.50. The van der Waals surface area contributed by atoms with Gasteiger partial charge in [0.1, 0.15) is 0 Å². The van der Waals surface area contributed by atoms with Gasteiger partial charge in [-0.15, -0.1) is 0 Å². The third-order valence-electron chi connectivity index (χ3n) is 4.92. The van der Waals surface area contributed by atoms with Gasteiger partial charge in [-0.2, -0.15) is 0 Å². The molecule has 0 spiro atoms. The second-order valence-corrected chi connectivity index (χ2v) is 6.20. The highest BCUT2D eigenvalue weighted by Gasteiger charge is 2.50. The van der Waals surface area contributed by atoms with Crippen LogP contribution >= 0.6 is 0 Å². The fraction of sp³-hybridized carbons (Fsp3) is 1.00. The highest BCUT2D eigenvalue weighted by Crippen LogP contribution is 2.59. The molecule has 0 aromatic rings. The van der Waals surface area contributed by atoms with Crippen molar-refractivity contribution < 1.29 is 0 Å². The maximum Gasteiger partial charge on any atom is 0.000800 e. The Kier molecular flexibility index (Phi) is 2.12. The smallest absolute Gasteiger partial charge is 0.000800 e. The number of rotatable bonds is 3. The van der Waals surface area contributed by atoms with Gasteiger partial charge in [-0.3, -0.25) is 0 Å². The van der Waals surface area contributed by atoms with E-state index in [0.717, 1.165) is 29.7 Å². The van der Waals surface area contributed by atoms with Crippen LogP contribution < -0.4 is 5.32 Å². The van der Waals surface area contributed by atoms with Crippen LogP contribution in [0.2, 0.25) is 0 Å². The van der Waals surface area contributed by atoms with E-state index in [4.69, 9.17) is 0 Å². The van der Waals surface area contributed by atoms with Gasteiger partial charge in [-0.25, -0.2) is 0 Å². The van der Waals surface area contributed by atoms with Crippen molar-refractivity contribution >= 4 is 0 Å². The van der Waals surface area contributed by atoms with Crippen LogP contribution in [0.15, 0.2) is 0 Å². The molecule has 0 radical (unpaired) electrons. The summed E-state index contributed by atoms with van der Waals surface area (Å²) in [5.41, 5.74) is 0.741. The molecule has 0 atom stereocenters. The first-order valence-corrected chi connectivity index (χ1v) is 6.50. The zero-order chi connectivity index (χ0) is 9.60. The van der Waals surface area contributed by atoms with Gasteiger partial charge in [0.2, 0.25) is 0 Å². The number of hydrogen-bond donors (Lipinski definition) is 1. The van der Waals surface area contributed by atoms with Crippen LogP contribution in [0.3, 0.4) is 0 Å². The molecular formula is C13H23N. The summed E-state index contributed by atoms with van der Waals surface area (Å²) >= 11 is 0. The van der Waals surface area contributed by atoms with E-state index in [1.807, 2.05) is 0 Å². The highest BCUT2D eigenvalue weighted by atomic mass is 14.9. The van der Waals surface area contributed by atoms with E-state index in [2.05, 4.69) is 12.2 Å². The van der Waals surface area contributed by atoms with Crippen molar-refractivity contribution in [2.24, 2.45) is 23.2 Å². The van der Waals surface area contributed by atoms with Crippen LogP contribution in [0.5, 0.6) is 0 Å². The molecule has 0 amide bonds. The summed E-state index contributed by atoms with van der Waals surface area (Å²) in [5.74, 6) is 3.33. The lowest BCUT2D eigenvalue weighted by Crippen LogP contribution is -2.50. The Hall–Kier alpha value is -0.0400. The van der Waals surface area contributed by atoms with Gasteiger partial charge in [-0.05, 0) is 68.2 Å². The van der Waals surface area contributed by atoms with Gasteiger partial charge in [0.25, 0.3) is 0 Å². The zero-order valence-electron chi connectivity index (χ0n) is 9.39. The predicted molar refractivity (Wildman–Crippen MR) is 59.1 cm³/mol. The molecule has 0 aromatic carbocycles. The van der Waals surface area contributed by atoms with E-state index >= 15 is 0 Å². The largest absolute Gasteiger partial charge is 0.316 e. The second kappa shape index (κ2) is 3.23. The van der Waals surface area contributed by atoms with E-state index in [1.165, 1.54) is 6.54 Å². The quantitative estimate of drug-likeness (QED) is 0.727. The lowest BCUT2D eigenvalue weighted by atomic mass is 9.49. The summed E-state index contributed by atoms with van der Waals surface area (Å²) < 4.78 is 0. The molecule has 4 aliphatic rings. The average Bonchev–Trinajstić information content (AvgIpc) is 2.12. The standard InChI is InChI=1S/C13H23N/c1-2-14-9-13-6-10-3-11(7-13)5-12(4-10)8-13/h10-12,14H,2-9H2,1H3. The molecule has 80 valence electrons. The van der Waals surface area contributed by atoms with E-state index in [1.54, 1.807) is 38.5 Å². The summed E-state index contributed by atoms with van der Waals surface area (Å²) in [7, 11) is 0. The van der Waals surface area contributed by atoms with Gasteiger partial charge in [-0.1, -0.05) is 6.92 Å². The summed E-state index contributed by atoms with van der Waals surface area (Å²) in [6.07, 6.45) is 9.37. The van der Waals surface area contributed by atoms with Crippen molar-refractivity contribution in [2.45, 2.75) is 45.4 Å². The molecule has 0 unspecified atom stereocenters. The maximum atomic E-state index is 3.61. The van der Waals surface area contributed by atoms with Gasteiger partial charge in [0.15, 0.2) is 0 Å². The molecule has 1 heteroatoms. The molecule has 4 rings (SSSR count). The van der Waals surface area contributed by atoms with Gasteiger partial charge in [0.05, 0.1) is 0 Å². The highest BCUT2D eigenvalue weighted by molar-refractivity contribution is 5.02. The Labute approximate surface area is 87.7 Å². The van der Waals surface area contributed by atoms with Crippen LogP contribution in [-0.4, -0.2) is 13.1 Å². The van der Waals surface area contributed by atoms with Crippen molar-refractivity contribution in [1.29, 1.82) is 0 Å². The van der Waals surface area contributed by atoms with Crippen LogP contribution in [0.25, 0.3) is 0 Å². The molecule has 4 fully saturated rings. The Morgan fingerprint density at radius 3 is 1.93 bits per heavy atom. The first kappa shape index (κ1) is 9.21. The van der Waals surface area contributed by atoms with Crippen molar-refractivity contribution in [3.05, 3.63) is 0 Å². The number of hydrogen-bond acceptors (Lipinski definition) is 1. The van der Waals surface area contributed by atoms with E-state index in [-0.39, 0.29) is 0 Å². The summed E-state index contributed by atoms with van der Waals surface area (Å²) in [6, 6.07) is 0. The Morgan fingerprint density at radius 2 is 1.50 bits per heavy atom. The van der Waals surface area contributed by atoms with Gasteiger partial charge < -0.3 is 5.32 Å². The summed E-state index contributed by atoms with van der Waals surface area (Å²) in [6.45, 7) is 4.70. The van der Waals surface area contributed by atoms with Crippen molar-refractivity contribution in [3.8, 4) is 0 Å². The second-order valence-electron chi connectivity index (χ2n) is 6.20. The van der Waals surface area contributed by atoms with E-state index < -0.39 is 0 Å². The predicted octanol–water partition coefficient (Wildman–Crippen LogP) is 2.81. The third-order valence-corrected chi connectivity index (χ3v) is 4.92. The minimum Gasteiger partial charge on any atom is -0.316 e. The molecule has 4 saturated carbocycles. The van der Waals surface area contributed by atoms with Gasteiger partial charge >= 0.3 is 0 Å². The molecule has 0 aliphatic heterocycles. The number of nitrogens with one attached hydrogen (secondary N) is 1. The average molecular weight is 193 g/mol. The molecule has 1 N–H and O–H groups in total. The molecule has 14 heavy (non-hydrogen) atoms. The lowest BCUT2D eigenvalue weighted by Gasteiger charge is -2.57. The molecule has 1 nitrogen and oxygen atoms in total. The minimum absolute atomic E-state index is 0.741.